The maximum Gasteiger partial charge on any atom is 0.326 e. The molecule has 2 rings (SSSR count). The predicted octanol–water partition coefficient (Wildman–Crippen LogP) is 3.90. The van der Waals surface area contributed by atoms with Crippen molar-refractivity contribution < 1.29 is 18.7 Å². The molecule has 116 valence electrons. The first-order valence-corrected chi connectivity index (χ1v) is 8.79. The van der Waals surface area contributed by atoms with Crippen molar-refractivity contribution in [2.24, 2.45) is 0 Å². The van der Waals surface area contributed by atoms with Crippen molar-refractivity contribution in [3.63, 3.8) is 0 Å². The summed E-state index contributed by atoms with van der Waals surface area (Å²) in [7, 11) is 0. The normalized spacial score (nSPS) is 15.8. The van der Waals surface area contributed by atoms with E-state index in [0.29, 0.717) is 12.2 Å². The molecule has 0 saturated heterocycles. The molecule has 1 fully saturated rings. The fraction of sp³-hybridized carbons (Fsp3) is 0.500. The molecule has 0 aliphatic heterocycles. The van der Waals surface area contributed by atoms with Gasteiger partial charge in [0.1, 0.15) is 17.7 Å². The number of thioether (sulfide) groups is 1. The number of hydrogen-bond acceptors (Lipinski definition) is 3. The Labute approximate surface area is 134 Å². The van der Waals surface area contributed by atoms with Crippen molar-refractivity contribution in [1.82, 2.24) is 0 Å². The van der Waals surface area contributed by atoms with Gasteiger partial charge in [-0.2, -0.15) is 11.8 Å². The zero-order valence-electron chi connectivity index (χ0n) is 11.5. The molecule has 1 atom stereocenters. The summed E-state index contributed by atoms with van der Waals surface area (Å²) in [5, 5.41) is 9.46. The third-order valence-electron chi connectivity index (χ3n) is 3.42. The van der Waals surface area contributed by atoms with Gasteiger partial charge >= 0.3 is 5.97 Å². The quantitative estimate of drug-likeness (QED) is 0.729. The average molecular weight is 380 g/mol. The summed E-state index contributed by atoms with van der Waals surface area (Å²) < 4.78 is 27.6. The van der Waals surface area contributed by atoms with E-state index in [-0.39, 0.29) is 16.2 Å². The lowest BCUT2D eigenvalue weighted by atomic mass is 10.1. The molecule has 1 aliphatic carbocycles. The Morgan fingerprint density at radius 1 is 1.48 bits per heavy atom. The van der Waals surface area contributed by atoms with E-state index in [4.69, 9.17) is 0 Å². The summed E-state index contributed by atoms with van der Waals surface area (Å²) >= 11 is 4.59. The highest BCUT2D eigenvalue weighted by atomic mass is 79.9. The number of nitrogens with zero attached hydrogens (tertiary/aromatic N) is 1. The maximum absolute atomic E-state index is 14.1. The highest BCUT2D eigenvalue weighted by molar-refractivity contribution is 9.10. The monoisotopic (exact) mass is 379 g/mol. The van der Waals surface area contributed by atoms with Gasteiger partial charge in [0.25, 0.3) is 0 Å². The van der Waals surface area contributed by atoms with E-state index < -0.39 is 23.6 Å². The second-order valence-corrected chi connectivity index (χ2v) is 6.83. The van der Waals surface area contributed by atoms with Crippen molar-refractivity contribution >= 4 is 39.3 Å². The van der Waals surface area contributed by atoms with Gasteiger partial charge in [-0.15, -0.1) is 0 Å². The second kappa shape index (κ2) is 6.96. The largest absolute Gasteiger partial charge is 0.480 e. The van der Waals surface area contributed by atoms with Gasteiger partial charge in [-0.3, -0.25) is 0 Å². The van der Waals surface area contributed by atoms with Crippen LogP contribution >= 0.6 is 27.7 Å². The molecule has 0 radical (unpaired) electrons. The minimum atomic E-state index is -0.976. The Balaban J connectivity index is 2.38. The topological polar surface area (TPSA) is 40.5 Å². The molecule has 0 spiro atoms. The van der Waals surface area contributed by atoms with Gasteiger partial charge in [-0.1, -0.05) is 0 Å². The summed E-state index contributed by atoms with van der Waals surface area (Å²) in [5.41, 5.74) is 0.152. The molecule has 0 heterocycles. The molecule has 0 amide bonds. The number of carboxylic acid groups (broad SMARTS) is 1. The third-order valence-corrected chi connectivity index (χ3v) is 4.68. The highest BCUT2D eigenvalue weighted by Crippen LogP contribution is 2.37. The molecular formula is C14H16BrF2NO2S. The van der Waals surface area contributed by atoms with Crippen molar-refractivity contribution in [3.8, 4) is 0 Å². The number of aliphatic carboxylic acids is 1. The van der Waals surface area contributed by atoms with Crippen molar-refractivity contribution in [2.75, 3.05) is 16.9 Å². The van der Waals surface area contributed by atoms with E-state index in [0.717, 1.165) is 18.9 Å². The first-order valence-electron chi connectivity index (χ1n) is 6.60. The lowest BCUT2D eigenvalue weighted by molar-refractivity contribution is -0.138. The van der Waals surface area contributed by atoms with Crippen LogP contribution in [0.1, 0.15) is 19.3 Å². The Morgan fingerprint density at radius 2 is 2.14 bits per heavy atom. The van der Waals surface area contributed by atoms with Crippen LogP contribution in [0.5, 0.6) is 0 Å². The zero-order valence-corrected chi connectivity index (χ0v) is 13.9. The fourth-order valence-electron chi connectivity index (χ4n) is 2.29. The summed E-state index contributed by atoms with van der Waals surface area (Å²) in [6.45, 7) is 0. The molecule has 21 heavy (non-hydrogen) atoms. The SMILES string of the molecule is CSCC[C@@H](C(=O)O)N(c1cc(Br)c(F)cc1F)C1CC1. The van der Waals surface area contributed by atoms with E-state index >= 15 is 0 Å². The molecule has 0 aromatic heterocycles. The summed E-state index contributed by atoms with van der Waals surface area (Å²) in [6.07, 6.45) is 3.98. The smallest absolute Gasteiger partial charge is 0.326 e. The number of carboxylic acids is 1. The van der Waals surface area contributed by atoms with E-state index in [1.807, 2.05) is 6.26 Å². The Bertz CT molecular complexity index is 540. The number of halogens is 3. The molecule has 0 bridgehead atoms. The lowest BCUT2D eigenvalue weighted by Gasteiger charge is -2.31. The van der Waals surface area contributed by atoms with Crippen LogP contribution in [0.2, 0.25) is 0 Å². The first-order chi connectivity index (χ1) is 9.95. The van der Waals surface area contributed by atoms with E-state index in [1.54, 1.807) is 16.7 Å². The standard InChI is InChI=1S/C14H16BrF2NO2S/c1-21-5-4-12(14(19)20)18(8-2-3-8)13-6-9(15)10(16)7-11(13)17/h6-8,12H,2-5H2,1H3,(H,19,20)/t12-/m0/s1. The van der Waals surface area contributed by atoms with Crippen LogP contribution in [0.25, 0.3) is 0 Å². The molecule has 1 aromatic carbocycles. The van der Waals surface area contributed by atoms with Crippen LogP contribution in [0.15, 0.2) is 16.6 Å². The van der Waals surface area contributed by atoms with Gasteiger partial charge in [-0.05, 0) is 53.3 Å². The number of benzene rings is 1. The Kier molecular flexibility index (Phi) is 5.48. The van der Waals surface area contributed by atoms with Crippen molar-refractivity contribution in [1.29, 1.82) is 0 Å². The number of rotatable bonds is 7. The zero-order chi connectivity index (χ0) is 15.6. The van der Waals surface area contributed by atoms with Crippen molar-refractivity contribution in [2.45, 2.75) is 31.3 Å². The van der Waals surface area contributed by atoms with Crippen molar-refractivity contribution in [3.05, 3.63) is 28.2 Å². The Hall–Kier alpha value is -0.820. The van der Waals surface area contributed by atoms with Gasteiger partial charge in [0.05, 0.1) is 10.2 Å². The van der Waals surface area contributed by atoms with Gasteiger partial charge < -0.3 is 10.0 Å². The second-order valence-electron chi connectivity index (χ2n) is 4.99. The van der Waals surface area contributed by atoms with Crippen LogP contribution in [0.4, 0.5) is 14.5 Å². The average Bonchev–Trinajstić information content (AvgIpc) is 3.23. The highest BCUT2D eigenvalue weighted by Gasteiger charge is 2.38. The van der Waals surface area contributed by atoms with Gasteiger partial charge in [0, 0.05) is 12.1 Å². The van der Waals surface area contributed by atoms with E-state index in [9.17, 15) is 18.7 Å². The predicted molar refractivity (Wildman–Crippen MR) is 84.0 cm³/mol. The summed E-state index contributed by atoms with van der Waals surface area (Å²) in [6, 6.07) is 1.34. The van der Waals surface area contributed by atoms with E-state index in [2.05, 4.69) is 15.9 Å². The number of carbonyl (C=O) groups is 1. The minimum Gasteiger partial charge on any atom is -0.480 e. The fourth-order valence-corrected chi connectivity index (χ4v) is 3.08. The number of hydrogen-bond donors (Lipinski definition) is 1. The van der Waals surface area contributed by atoms with Gasteiger partial charge in [0.2, 0.25) is 0 Å². The molecule has 0 unspecified atom stereocenters. The molecule has 1 N–H and O–H groups in total. The molecule has 1 aromatic rings. The number of anilines is 1. The van der Waals surface area contributed by atoms with Gasteiger partial charge in [0.15, 0.2) is 0 Å². The third kappa shape index (κ3) is 3.88. The van der Waals surface area contributed by atoms with Crippen LogP contribution in [-0.2, 0) is 4.79 Å². The van der Waals surface area contributed by atoms with E-state index in [1.165, 1.54) is 6.07 Å². The maximum atomic E-state index is 14.1. The molecule has 7 heteroatoms. The molecule has 1 aliphatic rings. The lowest BCUT2D eigenvalue weighted by Crippen LogP contribution is -2.44. The first kappa shape index (κ1) is 16.5. The molecule has 3 nitrogen and oxygen atoms in total. The van der Waals surface area contributed by atoms with Crippen LogP contribution in [-0.4, -0.2) is 35.2 Å². The molecular weight excluding hydrogens is 364 g/mol. The van der Waals surface area contributed by atoms with Crippen LogP contribution in [0, 0.1) is 11.6 Å². The molecule has 1 saturated carbocycles. The summed E-state index contributed by atoms with van der Waals surface area (Å²) in [5.74, 6) is -1.72. The van der Waals surface area contributed by atoms with Crippen LogP contribution < -0.4 is 4.90 Å². The Morgan fingerprint density at radius 3 is 2.67 bits per heavy atom. The van der Waals surface area contributed by atoms with Crippen LogP contribution in [0.3, 0.4) is 0 Å². The van der Waals surface area contributed by atoms with Gasteiger partial charge in [-0.25, -0.2) is 13.6 Å². The minimum absolute atomic E-state index is 0.0137. The summed E-state index contributed by atoms with van der Waals surface area (Å²) in [4.78, 5) is 13.2.